The molecule has 11 nitrogen and oxygen atoms in total. The third-order valence-electron chi connectivity index (χ3n) is 6.96. The fourth-order valence-corrected chi connectivity index (χ4v) is 4.89. The first-order valence-electron chi connectivity index (χ1n) is 13.5. The number of nitrogens with one attached hydrogen (secondary N) is 2. The van der Waals surface area contributed by atoms with Gasteiger partial charge in [-0.3, -0.25) is 19.7 Å². The van der Waals surface area contributed by atoms with Gasteiger partial charge in [-0.05, 0) is 56.6 Å². The van der Waals surface area contributed by atoms with Crippen LogP contribution in [0, 0.1) is 5.82 Å². The summed E-state index contributed by atoms with van der Waals surface area (Å²) in [6.45, 7) is 5.99. The van der Waals surface area contributed by atoms with E-state index in [9.17, 15) is 14.0 Å². The van der Waals surface area contributed by atoms with Crippen molar-refractivity contribution in [2.45, 2.75) is 32.0 Å². The molecule has 2 aliphatic heterocycles. The molecule has 0 bridgehead atoms. The number of rotatable bonds is 10. The topological polar surface area (TPSA) is 113 Å². The van der Waals surface area contributed by atoms with E-state index in [1.54, 1.807) is 48.2 Å². The van der Waals surface area contributed by atoms with Crippen molar-refractivity contribution in [2.24, 2.45) is 0 Å². The first-order valence-corrected chi connectivity index (χ1v) is 13.5. The van der Waals surface area contributed by atoms with Crippen LogP contribution >= 0.6 is 0 Å². The van der Waals surface area contributed by atoms with E-state index in [0.717, 1.165) is 32.5 Å². The molecule has 0 saturated carbocycles. The van der Waals surface area contributed by atoms with Gasteiger partial charge in [0.15, 0.2) is 5.76 Å². The summed E-state index contributed by atoms with van der Waals surface area (Å²) in [5, 5.41) is 7.32. The van der Waals surface area contributed by atoms with Gasteiger partial charge in [-0.15, -0.1) is 0 Å². The molecule has 2 N–H and O–H groups in total. The lowest BCUT2D eigenvalue weighted by Crippen LogP contribution is -2.48. The SMILES string of the molecule is C[C@H](NC(=O)c1ccco1)C(=O)N1CCCN(CCCOc2ccc(C3NCON3c3ccco3)c(F)c2)CC1. The van der Waals surface area contributed by atoms with Crippen LogP contribution in [0.3, 0.4) is 0 Å². The Kier molecular flexibility index (Phi) is 8.99. The Hall–Kier alpha value is -3.87. The number of carbonyl (C=O) groups is 2. The molecule has 4 heterocycles. The molecule has 12 heteroatoms. The lowest BCUT2D eigenvalue weighted by atomic mass is 10.1. The highest BCUT2D eigenvalue weighted by Gasteiger charge is 2.31. The smallest absolute Gasteiger partial charge is 0.287 e. The maximum absolute atomic E-state index is 15.0. The maximum atomic E-state index is 15.0. The fourth-order valence-electron chi connectivity index (χ4n) is 4.89. The number of hydrogen-bond donors (Lipinski definition) is 2. The summed E-state index contributed by atoms with van der Waals surface area (Å²) in [5.74, 6) is 0.216. The van der Waals surface area contributed by atoms with Crippen LogP contribution in [0.25, 0.3) is 0 Å². The predicted molar refractivity (Wildman–Crippen MR) is 143 cm³/mol. The van der Waals surface area contributed by atoms with Crippen molar-refractivity contribution < 1.29 is 32.4 Å². The third-order valence-corrected chi connectivity index (χ3v) is 6.96. The molecule has 3 aromatic rings. The lowest BCUT2D eigenvalue weighted by Gasteiger charge is -2.25. The zero-order valence-corrected chi connectivity index (χ0v) is 22.4. The minimum absolute atomic E-state index is 0.109. The number of nitrogens with zero attached hydrogens (tertiary/aromatic N) is 3. The van der Waals surface area contributed by atoms with Gasteiger partial charge in [-0.1, -0.05) is 0 Å². The van der Waals surface area contributed by atoms with Crippen LogP contribution in [-0.2, 0) is 9.63 Å². The molecule has 214 valence electrons. The molecular formula is C28H34FN5O6. The minimum atomic E-state index is -0.644. The number of carbonyl (C=O) groups excluding carboxylic acids is 2. The number of amides is 2. The van der Waals surface area contributed by atoms with E-state index in [0.29, 0.717) is 36.9 Å². The van der Waals surface area contributed by atoms with Crippen molar-refractivity contribution in [3.63, 3.8) is 0 Å². The predicted octanol–water partition coefficient (Wildman–Crippen LogP) is 3.13. The molecule has 2 aliphatic rings. The Bertz CT molecular complexity index is 1250. The Labute approximate surface area is 231 Å². The van der Waals surface area contributed by atoms with Crippen molar-refractivity contribution in [1.29, 1.82) is 0 Å². The van der Waals surface area contributed by atoms with Gasteiger partial charge in [-0.25, -0.2) is 4.39 Å². The summed E-state index contributed by atoms with van der Waals surface area (Å²) >= 11 is 0. The van der Waals surface area contributed by atoms with Crippen molar-refractivity contribution in [3.05, 3.63) is 72.1 Å². The van der Waals surface area contributed by atoms with Crippen LogP contribution in [0.4, 0.5) is 10.3 Å². The summed E-state index contributed by atoms with van der Waals surface area (Å²) in [5.41, 5.74) is 0.430. The third kappa shape index (κ3) is 6.64. The first-order chi connectivity index (χ1) is 19.5. The standard InChI is InChI=1S/C28H34FN5O6/c1-20(31-27(35)24-6-2-15-38-24)28(36)33-12-4-10-32(13-14-33)11-5-17-37-21-8-9-22(23(29)18-21)26-30-19-40-34(26)25-7-3-16-39-25/h2-3,6-9,15-16,18,20,26,30H,4-5,10-14,17,19H2,1H3,(H,31,35)/t20-,26?/m0/s1. The van der Waals surface area contributed by atoms with Gasteiger partial charge < -0.3 is 28.7 Å². The molecule has 0 aliphatic carbocycles. The zero-order chi connectivity index (χ0) is 27.9. The highest BCUT2D eigenvalue weighted by atomic mass is 19.1. The molecule has 2 atom stereocenters. The average molecular weight is 556 g/mol. The fraction of sp³-hybridized carbons (Fsp3) is 0.429. The largest absolute Gasteiger partial charge is 0.493 e. The highest BCUT2D eigenvalue weighted by Crippen LogP contribution is 2.32. The summed E-state index contributed by atoms with van der Waals surface area (Å²) < 4.78 is 31.3. The molecule has 2 fully saturated rings. The highest BCUT2D eigenvalue weighted by molar-refractivity contribution is 5.95. The van der Waals surface area contributed by atoms with Gasteiger partial charge in [-0.2, -0.15) is 5.06 Å². The molecule has 5 rings (SSSR count). The molecular weight excluding hydrogens is 521 g/mol. The van der Waals surface area contributed by atoms with E-state index in [1.165, 1.54) is 23.7 Å². The summed E-state index contributed by atoms with van der Waals surface area (Å²) in [6.07, 6.45) is 4.05. The second kappa shape index (κ2) is 13.0. The van der Waals surface area contributed by atoms with Crippen molar-refractivity contribution in [2.75, 3.05) is 51.1 Å². The number of ether oxygens (including phenoxy) is 1. The quantitative estimate of drug-likeness (QED) is 0.365. The molecule has 0 radical (unpaired) electrons. The van der Waals surface area contributed by atoms with Crippen LogP contribution in [0.2, 0.25) is 0 Å². The van der Waals surface area contributed by atoms with E-state index in [1.807, 2.05) is 0 Å². The Morgan fingerprint density at radius 2 is 1.98 bits per heavy atom. The molecule has 2 amide bonds. The van der Waals surface area contributed by atoms with Crippen molar-refractivity contribution >= 4 is 17.7 Å². The van der Waals surface area contributed by atoms with E-state index in [2.05, 4.69) is 15.5 Å². The van der Waals surface area contributed by atoms with Gasteiger partial charge in [0.1, 0.15) is 30.5 Å². The molecule has 0 spiro atoms. The molecule has 1 aromatic carbocycles. The first kappa shape index (κ1) is 27.7. The number of hydroxylamine groups is 1. The van der Waals surface area contributed by atoms with E-state index >= 15 is 0 Å². The van der Waals surface area contributed by atoms with Crippen LogP contribution in [0.5, 0.6) is 5.75 Å². The number of hydrogen-bond acceptors (Lipinski definition) is 9. The molecule has 2 saturated heterocycles. The zero-order valence-electron chi connectivity index (χ0n) is 22.4. The summed E-state index contributed by atoms with van der Waals surface area (Å²) in [4.78, 5) is 34.7. The number of benzene rings is 1. The van der Waals surface area contributed by atoms with E-state index in [-0.39, 0.29) is 18.4 Å². The summed E-state index contributed by atoms with van der Waals surface area (Å²) in [6, 6.07) is 10.9. The second-order valence-corrected chi connectivity index (χ2v) is 9.74. The van der Waals surface area contributed by atoms with E-state index < -0.39 is 23.9 Å². The van der Waals surface area contributed by atoms with Crippen LogP contribution in [0.1, 0.15) is 42.0 Å². The Morgan fingerprint density at radius 1 is 1.12 bits per heavy atom. The Balaban J connectivity index is 1.04. The number of halogens is 1. The van der Waals surface area contributed by atoms with Crippen LogP contribution in [0.15, 0.2) is 63.8 Å². The van der Waals surface area contributed by atoms with Gasteiger partial charge in [0.2, 0.25) is 11.8 Å². The van der Waals surface area contributed by atoms with Gasteiger partial charge in [0.25, 0.3) is 5.91 Å². The second-order valence-electron chi connectivity index (χ2n) is 9.74. The van der Waals surface area contributed by atoms with Crippen molar-refractivity contribution in [3.8, 4) is 5.75 Å². The van der Waals surface area contributed by atoms with Crippen molar-refractivity contribution in [1.82, 2.24) is 20.4 Å². The molecule has 2 aromatic heterocycles. The number of anilines is 1. The van der Waals surface area contributed by atoms with Gasteiger partial charge in [0.05, 0.1) is 19.1 Å². The van der Waals surface area contributed by atoms with Gasteiger partial charge in [0, 0.05) is 43.9 Å². The maximum Gasteiger partial charge on any atom is 0.287 e. The molecule has 1 unspecified atom stereocenters. The normalized spacial score (nSPS) is 18.9. The summed E-state index contributed by atoms with van der Waals surface area (Å²) in [7, 11) is 0. The van der Waals surface area contributed by atoms with E-state index in [4.69, 9.17) is 18.4 Å². The number of furan rings is 2. The molecule has 40 heavy (non-hydrogen) atoms. The van der Waals surface area contributed by atoms with Crippen LogP contribution < -0.4 is 20.4 Å². The lowest BCUT2D eigenvalue weighted by molar-refractivity contribution is -0.132. The Morgan fingerprint density at radius 3 is 2.75 bits per heavy atom. The monoisotopic (exact) mass is 555 g/mol. The van der Waals surface area contributed by atoms with Gasteiger partial charge >= 0.3 is 0 Å². The van der Waals surface area contributed by atoms with Crippen LogP contribution in [-0.4, -0.2) is 73.7 Å². The minimum Gasteiger partial charge on any atom is -0.493 e. The average Bonchev–Trinajstić information content (AvgIpc) is 3.73.